The number of ether oxygens (including phenoxy) is 1. The van der Waals surface area contributed by atoms with E-state index in [9.17, 15) is 5.26 Å². The summed E-state index contributed by atoms with van der Waals surface area (Å²) in [7, 11) is 0. The molecule has 0 spiro atoms. The van der Waals surface area contributed by atoms with Crippen molar-refractivity contribution in [3.8, 4) is 11.8 Å². The largest absolute Gasteiger partial charge is 0.493 e. The Morgan fingerprint density at radius 1 is 1.19 bits per heavy atom. The summed E-state index contributed by atoms with van der Waals surface area (Å²) in [5.41, 5.74) is 2.11. The van der Waals surface area contributed by atoms with Crippen molar-refractivity contribution < 1.29 is 4.74 Å². The molecule has 0 fully saturated rings. The molecule has 2 nitrogen and oxygen atoms in total. The number of halogens is 1. The van der Waals surface area contributed by atoms with E-state index >= 15 is 0 Å². The third-order valence-electron chi connectivity index (χ3n) is 4.16. The van der Waals surface area contributed by atoms with Crippen LogP contribution >= 0.6 is 15.9 Å². The minimum Gasteiger partial charge on any atom is -0.493 e. The number of nitriles is 1. The molecule has 2 aromatic rings. The average molecular weight is 342 g/mol. The van der Waals surface area contributed by atoms with Gasteiger partial charge in [0.2, 0.25) is 0 Å². The zero-order valence-electron chi connectivity index (χ0n) is 11.7. The van der Waals surface area contributed by atoms with Crippen LogP contribution < -0.4 is 4.74 Å². The maximum Gasteiger partial charge on any atom is 0.120 e. The summed E-state index contributed by atoms with van der Waals surface area (Å²) in [6.45, 7) is 0.554. The van der Waals surface area contributed by atoms with E-state index in [0.717, 1.165) is 29.5 Å². The molecule has 0 aliphatic heterocycles. The number of rotatable bonds is 4. The lowest BCUT2D eigenvalue weighted by Gasteiger charge is -2.22. The summed E-state index contributed by atoms with van der Waals surface area (Å²) < 4.78 is 6.81. The molecule has 21 heavy (non-hydrogen) atoms. The van der Waals surface area contributed by atoms with Crippen LogP contribution in [0, 0.1) is 11.3 Å². The summed E-state index contributed by atoms with van der Waals surface area (Å²) in [5.74, 6) is 0.837. The highest BCUT2D eigenvalue weighted by molar-refractivity contribution is 9.10. The standard InChI is InChI=1S/C18H16BrNO/c19-15-5-3-6-16(12-15)21-11-10-18(13-20)9-8-14-4-1-2-7-17(14)18/h1-7,12H,8-11H2. The Morgan fingerprint density at radius 2 is 2.05 bits per heavy atom. The highest BCUT2D eigenvalue weighted by Gasteiger charge is 2.38. The fourth-order valence-electron chi connectivity index (χ4n) is 3.02. The van der Waals surface area contributed by atoms with Crippen molar-refractivity contribution in [3.05, 3.63) is 64.1 Å². The molecule has 1 aliphatic carbocycles. The summed E-state index contributed by atoms with van der Waals surface area (Å²) in [5, 5.41) is 9.69. The Labute approximate surface area is 133 Å². The second-order valence-corrected chi connectivity index (χ2v) is 6.32. The molecule has 1 aliphatic rings. The lowest BCUT2D eigenvalue weighted by atomic mass is 9.80. The van der Waals surface area contributed by atoms with Gasteiger partial charge in [-0.2, -0.15) is 5.26 Å². The molecule has 0 radical (unpaired) electrons. The fraction of sp³-hybridized carbons (Fsp3) is 0.278. The van der Waals surface area contributed by atoms with Gasteiger partial charge in [-0.3, -0.25) is 0 Å². The monoisotopic (exact) mass is 341 g/mol. The number of aryl methyl sites for hydroxylation is 1. The zero-order valence-corrected chi connectivity index (χ0v) is 13.3. The average Bonchev–Trinajstić information content (AvgIpc) is 2.87. The molecular weight excluding hydrogens is 326 g/mol. The van der Waals surface area contributed by atoms with Gasteiger partial charge >= 0.3 is 0 Å². The van der Waals surface area contributed by atoms with E-state index in [1.165, 1.54) is 11.1 Å². The number of hydrogen-bond acceptors (Lipinski definition) is 2. The second-order valence-electron chi connectivity index (χ2n) is 5.41. The van der Waals surface area contributed by atoms with Crippen LogP contribution in [-0.4, -0.2) is 6.61 Å². The number of fused-ring (bicyclic) bond motifs is 1. The molecule has 0 amide bonds. The maximum absolute atomic E-state index is 9.69. The zero-order chi connectivity index (χ0) is 14.7. The number of hydrogen-bond donors (Lipinski definition) is 0. The SMILES string of the molecule is N#CC1(CCOc2cccc(Br)c2)CCc2ccccc21. The summed E-state index contributed by atoms with van der Waals surface area (Å²) >= 11 is 3.43. The Bertz CT molecular complexity index is 692. The first-order chi connectivity index (χ1) is 10.2. The Balaban J connectivity index is 1.71. The van der Waals surface area contributed by atoms with Crippen LogP contribution in [-0.2, 0) is 11.8 Å². The predicted molar refractivity (Wildman–Crippen MR) is 86.3 cm³/mol. The molecule has 1 unspecified atom stereocenters. The molecule has 0 saturated heterocycles. The Hall–Kier alpha value is -1.79. The quantitative estimate of drug-likeness (QED) is 0.812. The summed E-state index contributed by atoms with van der Waals surface area (Å²) in [4.78, 5) is 0. The van der Waals surface area contributed by atoms with E-state index in [-0.39, 0.29) is 5.41 Å². The number of benzene rings is 2. The Kier molecular flexibility index (Phi) is 3.98. The van der Waals surface area contributed by atoms with Crippen molar-refractivity contribution >= 4 is 15.9 Å². The normalized spacial score (nSPS) is 19.8. The van der Waals surface area contributed by atoms with Gasteiger partial charge < -0.3 is 4.74 Å². The van der Waals surface area contributed by atoms with Crippen LogP contribution in [0.1, 0.15) is 24.0 Å². The molecule has 2 aromatic carbocycles. The second kappa shape index (κ2) is 5.91. The lowest BCUT2D eigenvalue weighted by Crippen LogP contribution is -2.23. The molecule has 0 bridgehead atoms. The molecule has 3 rings (SSSR count). The molecule has 3 heteroatoms. The van der Waals surface area contributed by atoms with Crippen molar-refractivity contribution in [1.82, 2.24) is 0 Å². The van der Waals surface area contributed by atoms with Crippen molar-refractivity contribution in [3.63, 3.8) is 0 Å². The van der Waals surface area contributed by atoms with Crippen molar-refractivity contribution in [2.75, 3.05) is 6.61 Å². The van der Waals surface area contributed by atoms with Crippen molar-refractivity contribution in [2.24, 2.45) is 0 Å². The molecule has 0 aromatic heterocycles. The highest BCUT2D eigenvalue weighted by atomic mass is 79.9. The topological polar surface area (TPSA) is 33.0 Å². The molecular formula is C18H16BrNO. The first-order valence-corrected chi connectivity index (χ1v) is 7.91. The van der Waals surface area contributed by atoms with Gasteiger partial charge in [0.05, 0.1) is 18.1 Å². The Morgan fingerprint density at radius 3 is 2.86 bits per heavy atom. The third-order valence-corrected chi connectivity index (χ3v) is 4.65. The van der Waals surface area contributed by atoms with Gasteiger partial charge in [-0.15, -0.1) is 0 Å². The highest BCUT2D eigenvalue weighted by Crippen LogP contribution is 2.41. The molecule has 0 saturated carbocycles. The van der Waals surface area contributed by atoms with E-state index in [2.05, 4.69) is 34.1 Å². The van der Waals surface area contributed by atoms with Crippen LogP contribution in [0.5, 0.6) is 5.75 Å². The van der Waals surface area contributed by atoms with Crippen molar-refractivity contribution in [2.45, 2.75) is 24.7 Å². The van der Waals surface area contributed by atoms with Crippen LogP contribution in [0.15, 0.2) is 53.0 Å². The van der Waals surface area contributed by atoms with Gasteiger partial charge in [0.15, 0.2) is 0 Å². The first kappa shape index (κ1) is 14.2. The van der Waals surface area contributed by atoms with Crippen molar-refractivity contribution in [1.29, 1.82) is 5.26 Å². The van der Waals surface area contributed by atoms with Gasteiger partial charge in [-0.25, -0.2) is 0 Å². The van der Waals surface area contributed by atoms with Crippen LogP contribution in [0.2, 0.25) is 0 Å². The van der Waals surface area contributed by atoms with Gasteiger partial charge in [0, 0.05) is 10.9 Å². The molecule has 0 N–H and O–H groups in total. The lowest BCUT2D eigenvalue weighted by molar-refractivity contribution is 0.278. The van der Waals surface area contributed by atoms with Crippen LogP contribution in [0.3, 0.4) is 0 Å². The van der Waals surface area contributed by atoms with Gasteiger partial charge in [-0.1, -0.05) is 46.3 Å². The summed E-state index contributed by atoms with van der Waals surface area (Å²) in [6.07, 6.45) is 2.61. The van der Waals surface area contributed by atoms with Crippen LogP contribution in [0.25, 0.3) is 0 Å². The van der Waals surface area contributed by atoms with E-state index in [4.69, 9.17) is 4.74 Å². The first-order valence-electron chi connectivity index (χ1n) is 7.11. The third kappa shape index (κ3) is 2.82. The van der Waals surface area contributed by atoms with E-state index < -0.39 is 0 Å². The van der Waals surface area contributed by atoms with E-state index in [1.54, 1.807) is 0 Å². The fourth-order valence-corrected chi connectivity index (χ4v) is 3.40. The minimum atomic E-state index is -0.386. The summed E-state index contributed by atoms with van der Waals surface area (Å²) in [6, 6.07) is 18.6. The van der Waals surface area contributed by atoms with Crippen LogP contribution in [0.4, 0.5) is 0 Å². The minimum absolute atomic E-state index is 0.386. The predicted octanol–water partition coefficient (Wildman–Crippen LogP) is 4.63. The number of nitrogens with zero attached hydrogens (tertiary/aromatic N) is 1. The van der Waals surface area contributed by atoms with Gasteiger partial charge in [-0.05, 0) is 42.2 Å². The van der Waals surface area contributed by atoms with Gasteiger partial charge in [0.1, 0.15) is 5.75 Å². The molecule has 0 heterocycles. The van der Waals surface area contributed by atoms with E-state index in [1.807, 2.05) is 36.4 Å². The maximum atomic E-state index is 9.69. The molecule has 106 valence electrons. The molecule has 1 atom stereocenters. The smallest absolute Gasteiger partial charge is 0.120 e. The van der Waals surface area contributed by atoms with E-state index in [0.29, 0.717) is 6.61 Å². The van der Waals surface area contributed by atoms with Gasteiger partial charge in [0.25, 0.3) is 0 Å².